The number of phenolic OH excluding ortho intramolecular Hbond substituents is 1. The normalized spacial score (nSPS) is 12.1. The number of hydrogen-bond acceptors (Lipinski definition) is 7. The van der Waals surface area contributed by atoms with Crippen LogP contribution in [-0.2, 0) is 19.1 Å². The third-order valence-corrected chi connectivity index (χ3v) is 5.90. The minimum Gasteiger partial charge on any atom is -0.508 e. The molecule has 1 heterocycles. The van der Waals surface area contributed by atoms with Crippen LogP contribution in [0, 0.1) is 0 Å². The fraction of sp³-hybridized carbons (Fsp3) is 0.478. The number of methoxy groups -OCH3 is 1. The van der Waals surface area contributed by atoms with Crippen LogP contribution in [0.1, 0.15) is 51.6 Å². The number of hydrogen-bond donors (Lipinski definition) is 3. The molecule has 0 saturated carbocycles. The maximum atomic E-state index is 13.4. The molecule has 3 N–H and O–H groups in total. The number of thiazole rings is 1. The molecule has 0 aliphatic rings. The minimum absolute atomic E-state index is 0.0493. The van der Waals surface area contributed by atoms with Gasteiger partial charge in [0.25, 0.3) is 0 Å². The monoisotopic (exact) mass is 476 g/mol. The first kappa shape index (κ1) is 26.3. The zero-order chi connectivity index (χ0) is 24.4. The van der Waals surface area contributed by atoms with Gasteiger partial charge in [-0.2, -0.15) is 0 Å². The van der Waals surface area contributed by atoms with Crippen LogP contribution < -0.4 is 10.6 Å². The molecule has 2 rings (SSSR count). The SMILES string of the molecule is CCC(C)(C)NC(=O)[C@@H](c1ccc(O)cc1)N(CCOC)C(=O)CCC(=O)Nc1nccs1. The maximum Gasteiger partial charge on any atom is 0.247 e. The lowest BCUT2D eigenvalue weighted by Crippen LogP contribution is -2.51. The summed E-state index contributed by atoms with van der Waals surface area (Å²) in [6.07, 6.45) is 2.15. The van der Waals surface area contributed by atoms with Crippen molar-refractivity contribution in [1.29, 1.82) is 0 Å². The number of aromatic nitrogens is 1. The highest BCUT2D eigenvalue weighted by Gasteiger charge is 2.33. The lowest BCUT2D eigenvalue weighted by Gasteiger charge is -2.34. The molecule has 33 heavy (non-hydrogen) atoms. The summed E-state index contributed by atoms with van der Waals surface area (Å²) < 4.78 is 5.17. The van der Waals surface area contributed by atoms with Gasteiger partial charge in [-0.1, -0.05) is 19.1 Å². The number of aromatic hydroxyl groups is 1. The van der Waals surface area contributed by atoms with Crippen molar-refractivity contribution >= 4 is 34.2 Å². The smallest absolute Gasteiger partial charge is 0.247 e. The molecule has 2 aromatic rings. The van der Waals surface area contributed by atoms with E-state index in [1.165, 1.54) is 35.5 Å². The van der Waals surface area contributed by atoms with Gasteiger partial charge in [-0.25, -0.2) is 4.98 Å². The molecular weight excluding hydrogens is 444 g/mol. The second-order valence-corrected chi connectivity index (χ2v) is 9.08. The third kappa shape index (κ3) is 8.14. The molecule has 1 atom stereocenters. The average molecular weight is 477 g/mol. The highest BCUT2D eigenvalue weighted by atomic mass is 32.1. The Balaban J connectivity index is 2.25. The Hall–Kier alpha value is -2.98. The molecule has 0 bridgehead atoms. The standard InChI is InChI=1S/C23H32N4O5S/c1-5-23(2,3)26-21(31)20(16-6-8-17(28)9-7-16)27(13-14-32-4)19(30)11-10-18(29)25-22-24-12-15-33-22/h6-9,12,15,20,28H,5,10-11,13-14H2,1-4H3,(H,26,31)(H,24,25,29)/t20-/m1/s1. The first-order valence-electron chi connectivity index (χ1n) is 10.8. The predicted molar refractivity (Wildman–Crippen MR) is 127 cm³/mol. The third-order valence-electron chi connectivity index (χ3n) is 5.22. The largest absolute Gasteiger partial charge is 0.508 e. The molecule has 9 nitrogen and oxygen atoms in total. The van der Waals surface area contributed by atoms with Gasteiger partial charge in [0.05, 0.1) is 6.61 Å². The summed E-state index contributed by atoms with van der Waals surface area (Å²) in [5.74, 6) is -0.976. The summed E-state index contributed by atoms with van der Waals surface area (Å²) in [5, 5.41) is 17.6. The summed E-state index contributed by atoms with van der Waals surface area (Å²) >= 11 is 1.29. The Morgan fingerprint density at radius 3 is 2.48 bits per heavy atom. The van der Waals surface area contributed by atoms with Crippen molar-refractivity contribution in [2.45, 2.75) is 51.6 Å². The highest BCUT2D eigenvalue weighted by molar-refractivity contribution is 7.13. The van der Waals surface area contributed by atoms with Crippen molar-refractivity contribution in [1.82, 2.24) is 15.2 Å². The van der Waals surface area contributed by atoms with Crippen LogP contribution in [0.4, 0.5) is 5.13 Å². The molecule has 0 aliphatic carbocycles. The van der Waals surface area contributed by atoms with E-state index < -0.39 is 11.6 Å². The van der Waals surface area contributed by atoms with E-state index in [4.69, 9.17) is 4.74 Å². The number of amides is 3. The maximum absolute atomic E-state index is 13.4. The minimum atomic E-state index is -0.943. The molecule has 0 unspecified atom stereocenters. The van der Waals surface area contributed by atoms with Crippen molar-refractivity contribution in [3.05, 3.63) is 41.4 Å². The molecule has 0 aliphatic heterocycles. The number of carbonyl (C=O) groups is 3. The van der Waals surface area contributed by atoms with Gasteiger partial charge in [-0.3, -0.25) is 14.4 Å². The van der Waals surface area contributed by atoms with Gasteiger partial charge in [0.15, 0.2) is 5.13 Å². The number of nitrogens with one attached hydrogen (secondary N) is 2. The Morgan fingerprint density at radius 1 is 1.21 bits per heavy atom. The van der Waals surface area contributed by atoms with Gasteiger partial charge < -0.3 is 25.4 Å². The van der Waals surface area contributed by atoms with E-state index in [1.54, 1.807) is 23.7 Å². The van der Waals surface area contributed by atoms with E-state index in [-0.39, 0.29) is 49.5 Å². The number of rotatable bonds is 12. The number of carbonyl (C=O) groups excluding carboxylic acids is 3. The van der Waals surface area contributed by atoms with Crippen LogP contribution in [-0.4, -0.2) is 58.5 Å². The zero-order valence-electron chi connectivity index (χ0n) is 19.5. The predicted octanol–water partition coefficient (Wildman–Crippen LogP) is 3.09. The van der Waals surface area contributed by atoms with E-state index in [0.717, 1.165) is 0 Å². The van der Waals surface area contributed by atoms with Crippen LogP contribution in [0.2, 0.25) is 0 Å². The zero-order valence-corrected chi connectivity index (χ0v) is 20.3. The summed E-state index contributed by atoms with van der Waals surface area (Å²) in [4.78, 5) is 44.3. The molecular formula is C23H32N4O5S. The summed E-state index contributed by atoms with van der Waals surface area (Å²) in [6.45, 7) is 6.15. The topological polar surface area (TPSA) is 121 Å². The van der Waals surface area contributed by atoms with Crippen LogP contribution in [0.5, 0.6) is 5.75 Å². The number of ether oxygens (including phenoxy) is 1. The van der Waals surface area contributed by atoms with Gasteiger partial charge >= 0.3 is 0 Å². The first-order valence-corrected chi connectivity index (χ1v) is 11.6. The molecule has 1 aromatic carbocycles. The van der Waals surface area contributed by atoms with Gasteiger partial charge in [0.1, 0.15) is 11.8 Å². The fourth-order valence-corrected chi connectivity index (χ4v) is 3.58. The second kappa shape index (κ2) is 12.3. The van der Waals surface area contributed by atoms with E-state index in [0.29, 0.717) is 17.1 Å². The second-order valence-electron chi connectivity index (χ2n) is 8.19. The van der Waals surface area contributed by atoms with Crippen molar-refractivity contribution in [3.8, 4) is 5.75 Å². The van der Waals surface area contributed by atoms with Gasteiger partial charge in [-0.15, -0.1) is 11.3 Å². The first-order chi connectivity index (χ1) is 15.7. The molecule has 0 fully saturated rings. The number of nitrogens with zero attached hydrogens (tertiary/aromatic N) is 2. The van der Waals surface area contributed by atoms with Crippen LogP contribution in [0.15, 0.2) is 35.8 Å². The Labute approximate surface area is 198 Å². The Kier molecular flexibility index (Phi) is 9.80. The highest BCUT2D eigenvalue weighted by Crippen LogP contribution is 2.26. The average Bonchev–Trinajstić information content (AvgIpc) is 3.28. The Bertz CT molecular complexity index is 915. The van der Waals surface area contributed by atoms with Crippen LogP contribution in [0.25, 0.3) is 0 Å². The molecule has 180 valence electrons. The molecule has 3 amide bonds. The van der Waals surface area contributed by atoms with Crippen molar-refractivity contribution in [2.24, 2.45) is 0 Å². The van der Waals surface area contributed by atoms with Gasteiger partial charge in [-0.05, 0) is 38.0 Å². The quantitative estimate of drug-likeness (QED) is 0.433. The molecule has 10 heteroatoms. The van der Waals surface area contributed by atoms with E-state index in [1.807, 2.05) is 20.8 Å². The van der Waals surface area contributed by atoms with Crippen molar-refractivity contribution in [3.63, 3.8) is 0 Å². The Morgan fingerprint density at radius 2 is 1.91 bits per heavy atom. The van der Waals surface area contributed by atoms with Crippen LogP contribution in [0.3, 0.4) is 0 Å². The van der Waals surface area contributed by atoms with Gasteiger partial charge in [0.2, 0.25) is 17.7 Å². The van der Waals surface area contributed by atoms with Crippen molar-refractivity contribution < 1.29 is 24.2 Å². The van der Waals surface area contributed by atoms with Crippen molar-refractivity contribution in [2.75, 3.05) is 25.6 Å². The van der Waals surface area contributed by atoms with E-state index >= 15 is 0 Å². The fourth-order valence-electron chi connectivity index (χ4n) is 3.04. The molecule has 0 radical (unpaired) electrons. The number of anilines is 1. The molecule has 1 aromatic heterocycles. The summed E-state index contributed by atoms with van der Waals surface area (Å²) in [5.41, 5.74) is 0.0735. The summed E-state index contributed by atoms with van der Waals surface area (Å²) in [7, 11) is 1.51. The van der Waals surface area contributed by atoms with Crippen LogP contribution >= 0.6 is 11.3 Å². The lowest BCUT2D eigenvalue weighted by atomic mass is 9.98. The number of phenols is 1. The molecule has 0 spiro atoms. The molecule has 0 saturated heterocycles. The van der Waals surface area contributed by atoms with Gasteiger partial charge in [0, 0.05) is 43.6 Å². The summed E-state index contributed by atoms with van der Waals surface area (Å²) in [6, 6.07) is 5.23. The van der Waals surface area contributed by atoms with E-state index in [9.17, 15) is 19.5 Å². The lowest BCUT2D eigenvalue weighted by molar-refractivity contribution is -0.142. The number of benzene rings is 1. The van der Waals surface area contributed by atoms with E-state index in [2.05, 4.69) is 15.6 Å².